The summed E-state index contributed by atoms with van der Waals surface area (Å²) in [5, 5.41) is 2.58. The molecule has 0 aliphatic rings. The van der Waals surface area contributed by atoms with Gasteiger partial charge in [-0.2, -0.15) is 8.78 Å². The first-order valence-corrected chi connectivity index (χ1v) is 7.66. The predicted octanol–water partition coefficient (Wildman–Crippen LogP) is 3.99. The van der Waals surface area contributed by atoms with Gasteiger partial charge < -0.3 is 20.5 Å². The molecule has 0 heterocycles. The highest BCUT2D eigenvalue weighted by Gasteiger charge is 2.23. The Kier molecular flexibility index (Phi) is 8.28. The van der Waals surface area contributed by atoms with Crippen LogP contribution in [0, 0.1) is 5.92 Å². The minimum atomic E-state index is -3.01. The summed E-state index contributed by atoms with van der Waals surface area (Å²) in [4.78, 5) is 12.5. The highest BCUT2D eigenvalue weighted by molar-refractivity contribution is 5.94. The van der Waals surface area contributed by atoms with Gasteiger partial charge in [0.2, 0.25) is 5.91 Å². The molecule has 3 N–H and O–H groups in total. The largest absolute Gasteiger partial charge is 0.497 e. The fourth-order valence-electron chi connectivity index (χ4n) is 2.31. The smallest absolute Gasteiger partial charge is 0.387 e. The second kappa shape index (κ2) is 9.94. The Balaban J connectivity index is 0.00000338. The average Bonchev–Trinajstić information content (AvgIpc) is 2.62. The summed E-state index contributed by atoms with van der Waals surface area (Å²) in [5.41, 5.74) is 7.03. The minimum absolute atomic E-state index is 0. The fraction of sp³-hybridized carbons (Fsp3) is 0.278. The van der Waals surface area contributed by atoms with Crippen LogP contribution >= 0.6 is 12.4 Å². The van der Waals surface area contributed by atoms with E-state index in [9.17, 15) is 13.6 Å². The Morgan fingerprint density at radius 2 is 1.81 bits per heavy atom. The topological polar surface area (TPSA) is 73.6 Å². The average molecular weight is 387 g/mol. The molecule has 5 nitrogen and oxygen atoms in total. The number of nitrogens with one attached hydrogen (secondary N) is 1. The molecule has 1 amide bonds. The minimum Gasteiger partial charge on any atom is -0.497 e. The predicted molar refractivity (Wildman–Crippen MR) is 98.0 cm³/mol. The van der Waals surface area contributed by atoms with Crippen LogP contribution in [0.5, 0.6) is 11.5 Å². The van der Waals surface area contributed by atoms with Crippen LogP contribution in [-0.4, -0.2) is 19.6 Å². The molecule has 26 heavy (non-hydrogen) atoms. The van der Waals surface area contributed by atoms with E-state index in [1.807, 2.05) is 30.3 Å². The SMILES string of the molecule is COc1ccc(OC(F)F)c(NC(=O)C(C)C(N)c2ccccc2)c1.Cl. The van der Waals surface area contributed by atoms with Crippen molar-refractivity contribution in [2.45, 2.75) is 19.6 Å². The van der Waals surface area contributed by atoms with Gasteiger partial charge in [0.05, 0.1) is 18.7 Å². The Bertz CT molecular complexity index is 717. The number of hydrogen-bond acceptors (Lipinski definition) is 4. The van der Waals surface area contributed by atoms with Crippen molar-refractivity contribution in [3.63, 3.8) is 0 Å². The molecule has 2 atom stereocenters. The fourth-order valence-corrected chi connectivity index (χ4v) is 2.31. The molecule has 0 saturated carbocycles. The summed E-state index contributed by atoms with van der Waals surface area (Å²) in [6.07, 6.45) is 0. The summed E-state index contributed by atoms with van der Waals surface area (Å²) in [6, 6.07) is 12.8. The number of alkyl halides is 2. The van der Waals surface area contributed by atoms with E-state index in [-0.39, 0.29) is 23.8 Å². The summed E-state index contributed by atoms with van der Waals surface area (Å²) >= 11 is 0. The Morgan fingerprint density at radius 3 is 2.38 bits per heavy atom. The van der Waals surface area contributed by atoms with Crippen molar-refractivity contribution in [3.05, 3.63) is 54.1 Å². The van der Waals surface area contributed by atoms with Crippen LogP contribution in [0.4, 0.5) is 14.5 Å². The zero-order valence-electron chi connectivity index (χ0n) is 14.3. The molecule has 2 aromatic rings. The van der Waals surface area contributed by atoms with Gasteiger partial charge in [0.25, 0.3) is 0 Å². The molecular weight excluding hydrogens is 366 g/mol. The molecular formula is C18H21ClF2N2O3. The van der Waals surface area contributed by atoms with Gasteiger partial charge in [-0.05, 0) is 17.7 Å². The number of methoxy groups -OCH3 is 1. The first-order chi connectivity index (χ1) is 11.9. The number of nitrogens with two attached hydrogens (primary N) is 1. The van der Waals surface area contributed by atoms with Crippen molar-refractivity contribution >= 4 is 24.0 Å². The highest BCUT2D eigenvalue weighted by atomic mass is 35.5. The summed E-state index contributed by atoms with van der Waals surface area (Å²) in [5.74, 6) is -0.752. The number of halogens is 3. The number of anilines is 1. The van der Waals surface area contributed by atoms with E-state index in [0.29, 0.717) is 5.75 Å². The molecule has 0 radical (unpaired) electrons. The summed E-state index contributed by atoms with van der Waals surface area (Å²) < 4.78 is 34.6. The lowest BCUT2D eigenvalue weighted by molar-refractivity contribution is -0.120. The van der Waals surface area contributed by atoms with Crippen LogP contribution in [0.25, 0.3) is 0 Å². The normalized spacial score (nSPS) is 12.7. The lowest BCUT2D eigenvalue weighted by Gasteiger charge is -2.21. The number of benzene rings is 2. The van der Waals surface area contributed by atoms with Gasteiger partial charge in [-0.15, -0.1) is 12.4 Å². The van der Waals surface area contributed by atoms with Crippen molar-refractivity contribution in [3.8, 4) is 11.5 Å². The lowest BCUT2D eigenvalue weighted by Crippen LogP contribution is -2.30. The van der Waals surface area contributed by atoms with E-state index in [0.717, 1.165) is 5.56 Å². The summed E-state index contributed by atoms with van der Waals surface area (Å²) in [6.45, 7) is -1.34. The highest BCUT2D eigenvalue weighted by Crippen LogP contribution is 2.31. The van der Waals surface area contributed by atoms with Crippen molar-refractivity contribution in [2.24, 2.45) is 11.7 Å². The number of carbonyl (C=O) groups is 1. The van der Waals surface area contributed by atoms with E-state index in [2.05, 4.69) is 10.1 Å². The number of amides is 1. The second-order valence-electron chi connectivity index (χ2n) is 5.45. The third-order valence-corrected chi connectivity index (χ3v) is 3.80. The van der Waals surface area contributed by atoms with Gasteiger partial charge in [-0.25, -0.2) is 0 Å². The first kappa shape index (κ1) is 21.7. The molecule has 0 aliphatic heterocycles. The first-order valence-electron chi connectivity index (χ1n) is 7.66. The quantitative estimate of drug-likeness (QED) is 0.754. The molecule has 8 heteroatoms. The van der Waals surface area contributed by atoms with Gasteiger partial charge in [0.15, 0.2) is 0 Å². The number of rotatable bonds is 7. The van der Waals surface area contributed by atoms with Crippen LogP contribution in [0.3, 0.4) is 0 Å². The van der Waals surface area contributed by atoms with E-state index in [1.54, 1.807) is 6.92 Å². The Morgan fingerprint density at radius 1 is 1.15 bits per heavy atom. The number of carbonyl (C=O) groups excluding carboxylic acids is 1. The van der Waals surface area contributed by atoms with Crippen molar-refractivity contribution in [1.29, 1.82) is 0 Å². The van der Waals surface area contributed by atoms with E-state index >= 15 is 0 Å². The molecule has 142 valence electrons. The van der Waals surface area contributed by atoms with E-state index in [1.165, 1.54) is 25.3 Å². The zero-order valence-corrected chi connectivity index (χ0v) is 15.1. The monoisotopic (exact) mass is 386 g/mol. The van der Waals surface area contributed by atoms with Crippen LogP contribution in [0.15, 0.2) is 48.5 Å². The molecule has 2 aromatic carbocycles. The molecule has 0 spiro atoms. The molecule has 0 saturated heterocycles. The van der Waals surface area contributed by atoms with Crippen LogP contribution < -0.4 is 20.5 Å². The van der Waals surface area contributed by atoms with Crippen molar-refractivity contribution < 1.29 is 23.0 Å². The van der Waals surface area contributed by atoms with Crippen LogP contribution in [-0.2, 0) is 4.79 Å². The van der Waals surface area contributed by atoms with E-state index in [4.69, 9.17) is 10.5 Å². The van der Waals surface area contributed by atoms with Gasteiger partial charge in [0.1, 0.15) is 11.5 Å². The molecule has 0 aliphatic carbocycles. The number of hydrogen-bond donors (Lipinski definition) is 2. The maximum absolute atomic E-state index is 12.5. The third-order valence-electron chi connectivity index (χ3n) is 3.80. The van der Waals surface area contributed by atoms with Gasteiger partial charge in [-0.1, -0.05) is 37.3 Å². The lowest BCUT2D eigenvalue weighted by atomic mass is 9.94. The molecule has 0 fully saturated rings. The maximum Gasteiger partial charge on any atom is 0.387 e. The standard InChI is InChI=1S/C18H20F2N2O3.ClH/c1-11(16(21)12-6-4-3-5-7-12)17(23)22-14-10-13(24-2)8-9-15(14)25-18(19)20;/h3-11,16,18H,21H2,1-2H3,(H,22,23);1H. The zero-order chi connectivity index (χ0) is 18.4. The van der Waals surface area contributed by atoms with E-state index < -0.39 is 24.5 Å². The van der Waals surface area contributed by atoms with Crippen molar-refractivity contribution in [1.82, 2.24) is 0 Å². The number of ether oxygens (including phenoxy) is 2. The van der Waals surface area contributed by atoms with Crippen molar-refractivity contribution in [2.75, 3.05) is 12.4 Å². The third kappa shape index (κ3) is 5.57. The summed E-state index contributed by atoms with van der Waals surface area (Å²) in [7, 11) is 1.43. The molecule has 0 bridgehead atoms. The Labute approximate surface area is 156 Å². The van der Waals surface area contributed by atoms with Gasteiger partial charge in [0, 0.05) is 12.1 Å². The molecule has 0 aromatic heterocycles. The van der Waals surface area contributed by atoms with Crippen LogP contribution in [0.1, 0.15) is 18.5 Å². The molecule has 2 unspecified atom stereocenters. The molecule has 2 rings (SSSR count). The maximum atomic E-state index is 12.5. The van der Waals surface area contributed by atoms with Gasteiger partial charge in [-0.3, -0.25) is 4.79 Å². The Hall–Kier alpha value is -2.38. The van der Waals surface area contributed by atoms with Crippen LogP contribution in [0.2, 0.25) is 0 Å². The van der Waals surface area contributed by atoms with Gasteiger partial charge >= 0.3 is 6.61 Å². The second-order valence-corrected chi connectivity index (χ2v) is 5.45.